The Morgan fingerprint density at radius 3 is 2.77 bits per heavy atom. The zero-order valence-corrected chi connectivity index (χ0v) is 15.6. The van der Waals surface area contributed by atoms with Gasteiger partial charge in [0.25, 0.3) is 5.91 Å². The molecular formula is C20H17BrFN3O. The molecule has 1 aliphatic rings. The van der Waals surface area contributed by atoms with Gasteiger partial charge >= 0.3 is 0 Å². The van der Waals surface area contributed by atoms with Crippen molar-refractivity contribution in [3.05, 3.63) is 70.2 Å². The third kappa shape index (κ3) is 3.29. The highest BCUT2D eigenvalue weighted by Gasteiger charge is 2.16. The van der Waals surface area contributed by atoms with Crippen molar-refractivity contribution in [3.63, 3.8) is 0 Å². The monoisotopic (exact) mass is 413 g/mol. The predicted molar refractivity (Wildman–Crippen MR) is 103 cm³/mol. The van der Waals surface area contributed by atoms with E-state index in [0.29, 0.717) is 10.2 Å². The summed E-state index contributed by atoms with van der Waals surface area (Å²) in [5, 5.41) is 2.73. The summed E-state index contributed by atoms with van der Waals surface area (Å²) in [6, 6.07) is 11.8. The lowest BCUT2D eigenvalue weighted by Crippen LogP contribution is -2.14. The quantitative estimate of drug-likeness (QED) is 0.653. The second-order valence-corrected chi connectivity index (χ2v) is 7.25. The summed E-state index contributed by atoms with van der Waals surface area (Å²) in [6.45, 7) is 0.991. The van der Waals surface area contributed by atoms with Crippen LogP contribution in [0.3, 0.4) is 0 Å². The fraction of sp³-hybridized carbons (Fsp3) is 0.200. The molecule has 0 saturated carbocycles. The number of anilines is 1. The van der Waals surface area contributed by atoms with Gasteiger partial charge in [-0.15, -0.1) is 0 Å². The van der Waals surface area contributed by atoms with E-state index in [1.165, 1.54) is 30.7 Å². The topological polar surface area (TPSA) is 46.9 Å². The van der Waals surface area contributed by atoms with Gasteiger partial charge in [-0.3, -0.25) is 4.79 Å². The molecule has 2 aromatic carbocycles. The van der Waals surface area contributed by atoms with Crippen LogP contribution >= 0.6 is 15.9 Å². The summed E-state index contributed by atoms with van der Waals surface area (Å²) in [4.78, 5) is 16.9. The van der Waals surface area contributed by atoms with E-state index in [2.05, 4.69) is 30.8 Å². The first-order valence-corrected chi connectivity index (χ1v) is 9.32. The summed E-state index contributed by atoms with van der Waals surface area (Å²) in [7, 11) is 0. The molecule has 0 fully saturated rings. The van der Waals surface area contributed by atoms with E-state index >= 15 is 0 Å². The molecule has 0 radical (unpaired) electrons. The van der Waals surface area contributed by atoms with Crippen LogP contribution < -0.4 is 5.32 Å². The molecule has 1 N–H and O–H groups in total. The van der Waals surface area contributed by atoms with Crippen molar-refractivity contribution in [2.75, 3.05) is 5.32 Å². The van der Waals surface area contributed by atoms with Gasteiger partial charge in [-0.25, -0.2) is 9.37 Å². The number of hydrogen-bond acceptors (Lipinski definition) is 2. The molecule has 2 heterocycles. The van der Waals surface area contributed by atoms with E-state index in [1.807, 2.05) is 30.5 Å². The largest absolute Gasteiger partial charge is 0.328 e. The number of benzene rings is 2. The first kappa shape index (κ1) is 17.0. The fourth-order valence-electron chi connectivity index (χ4n) is 3.24. The molecule has 1 aromatic heterocycles. The summed E-state index contributed by atoms with van der Waals surface area (Å²) in [5.74, 6) is -0.0725. The third-order valence-corrected chi connectivity index (χ3v) is 5.07. The second kappa shape index (κ2) is 7.03. The summed E-state index contributed by atoms with van der Waals surface area (Å²) < 4.78 is 16.8. The van der Waals surface area contributed by atoms with Crippen molar-refractivity contribution in [1.82, 2.24) is 9.55 Å². The second-order valence-electron chi connectivity index (χ2n) is 6.34. The van der Waals surface area contributed by atoms with Crippen molar-refractivity contribution >= 4 is 27.5 Å². The van der Waals surface area contributed by atoms with Gasteiger partial charge in [0.2, 0.25) is 0 Å². The molecular weight excluding hydrogens is 397 g/mol. The van der Waals surface area contributed by atoms with Crippen molar-refractivity contribution < 1.29 is 9.18 Å². The number of nitrogens with zero attached hydrogens (tertiary/aromatic N) is 2. The van der Waals surface area contributed by atoms with E-state index < -0.39 is 11.7 Å². The lowest BCUT2D eigenvalue weighted by molar-refractivity contribution is 0.102. The number of fused-ring (bicyclic) bond motifs is 1. The minimum Gasteiger partial charge on any atom is -0.328 e. The van der Waals surface area contributed by atoms with Gasteiger partial charge < -0.3 is 9.88 Å². The number of aromatic nitrogens is 2. The minimum atomic E-state index is -0.550. The lowest BCUT2D eigenvalue weighted by Gasteiger charge is -2.16. The summed E-state index contributed by atoms with van der Waals surface area (Å²) in [6.07, 6.45) is 5.39. The number of imidazole rings is 1. The number of halogens is 2. The van der Waals surface area contributed by atoms with Crippen molar-refractivity contribution in [2.24, 2.45) is 0 Å². The van der Waals surface area contributed by atoms with Crippen LogP contribution in [0.4, 0.5) is 10.1 Å². The van der Waals surface area contributed by atoms with E-state index in [0.717, 1.165) is 24.4 Å². The average molecular weight is 414 g/mol. The van der Waals surface area contributed by atoms with E-state index in [-0.39, 0.29) is 5.56 Å². The average Bonchev–Trinajstić information content (AvgIpc) is 3.08. The SMILES string of the molecule is O=C(Nc1ccc(-c2ncc3n2CCCC3)cc1)c1cc(Br)ccc1F. The van der Waals surface area contributed by atoms with Crippen molar-refractivity contribution in [1.29, 1.82) is 0 Å². The van der Waals surface area contributed by atoms with E-state index in [9.17, 15) is 9.18 Å². The Labute approximate surface area is 159 Å². The highest BCUT2D eigenvalue weighted by atomic mass is 79.9. The number of aryl methyl sites for hydroxylation is 1. The lowest BCUT2D eigenvalue weighted by atomic mass is 10.1. The smallest absolute Gasteiger partial charge is 0.258 e. The van der Waals surface area contributed by atoms with Crippen LogP contribution in [0.25, 0.3) is 11.4 Å². The Hall–Kier alpha value is -2.47. The highest BCUT2D eigenvalue weighted by molar-refractivity contribution is 9.10. The third-order valence-electron chi connectivity index (χ3n) is 4.58. The Kier molecular flexibility index (Phi) is 4.59. The van der Waals surface area contributed by atoms with Crippen LogP contribution in [0.1, 0.15) is 28.9 Å². The van der Waals surface area contributed by atoms with Gasteiger partial charge in [-0.05, 0) is 61.7 Å². The van der Waals surface area contributed by atoms with Crippen LogP contribution in [0, 0.1) is 5.82 Å². The van der Waals surface area contributed by atoms with Gasteiger partial charge in [-0.2, -0.15) is 0 Å². The minimum absolute atomic E-state index is 0.00535. The first-order chi connectivity index (χ1) is 12.6. The normalized spacial score (nSPS) is 13.3. The number of carbonyl (C=O) groups excluding carboxylic acids is 1. The Morgan fingerprint density at radius 2 is 1.96 bits per heavy atom. The summed E-state index contributed by atoms with van der Waals surface area (Å²) in [5.41, 5.74) is 2.90. The molecule has 4 rings (SSSR count). The van der Waals surface area contributed by atoms with Crippen molar-refractivity contribution in [3.8, 4) is 11.4 Å². The molecule has 6 heteroatoms. The van der Waals surface area contributed by atoms with Crippen LogP contribution in [0.15, 0.2) is 53.1 Å². The van der Waals surface area contributed by atoms with Gasteiger partial charge in [0.05, 0.1) is 5.56 Å². The van der Waals surface area contributed by atoms with E-state index in [4.69, 9.17) is 0 Å². The van der Waals surface area contributed by atoms with Crippen LogP contribution in [0.5, 0.6) is 0 Å². The molecule has 1 amide bonds. The molecule has 4 nitrogen and oxygen atoms in total. The fourth-order valence-corrected chi connectivity index (χ4v) is 3.60. The molecule has 26 heavy (non-hydrogen) atoms. The molecule has 0 spiro atoms. The maximum absolute atomic E-state index is 13.8. The molecule has 0 bridgehead atoms. The van der Waals surface area contributed by atoms with Gasteiger partial charge in [0.1, 0.15) is 11.6 Å². The highest BCUT2D eigenvalue weighted by Crippen LogP contribution is 2.26. The molecule has 132 valence electrons. The molecule has 0 aliphatic carbocycles. The standard InChI is InChI=1S/C20H17BrFN3O/c21-14-6-9-18(22)17(11-14)20(26)24-15-7-4-13(5-8-15)19-23-12-16-3-1-2-10-25(16)19/h4-9,11-12H,1-3,10H2,(H,24,26). The number of hydrogen-bond donors (Lipinski definition) is 1. The predicted octanol–water partition coefficient (Wildman–Crippen LogP) is 5.04. The molecule has 3 aromatic rings. The molecule has 0 saturated heterocycles. The summed E-state index contributed by atoms with van der Waals surface area (Å²) >= 11 is 3.26. The number of nitrogens with one attached hydrogen (secondary N) is 1. The number of rotatable bonds is 3. The zero-order chi connectivity index (χ0) is 18.1. The van der Waals surface area contributed by atoms with Gasteiger partial charge in [0, 0.05) is 34.2 Å². The van der Waals surface area contributed by atoms with Crippen LogP contribution in [-0.4, -0.2) is 15.5 Å². The molecule has 0 atom stereocenters. The van der Waals surface area contributed by atoms with Crippen LogP contribution in [-0.2, 0) is 13.0 Å². The Bertz CT molecular complexity index is 966. The Morgan fingerprint density at radius 1 is 1.15 bits per heavy atom. The molecule has 1 aliphatic heterocycles. The van der Waals surface area contributed by atoms with Crippen molar-refractivity contribution in [2.45, 2.75) is 25.8 Å². The first-order valence-electron chi connectivity index (χ1n) is 8.53. The van der Waals surface area contributed by atoms with Crippen LogP contribution in [0.2, 0.25) is 0 Å². The molecule has 0 unspecified atom stereocenters. The number of carbonyl (C=O) groups is 1. The zero-order valence-electron chi connectivity index (χ0n) is 14.0. The Balaban J connectivity index is 1.54. The van der Waals surface area contributed by atoms with Gasteiger partial charge in [0.15, 0.2) is 0 Å². The van der Waals surface area contributed by atoms with Gasteiger partial charge in [-0.1, -0.05) is 15.9 Å². The maximum Gasteiger partial charge on any atom is 0.258 e. The number of amides is 1. The van der Waals surface area contributed by atoms with E-state index in [1.54, 1.807) is 6.07 Å². The maximum atomic E-state index is 13.8.